The number of aromatic nitrogens is 1. The minimum atomic E-state index is -4.42. The van der Waals surface area contributed by atoms with Crippen LogP contribution >= 0.6 is 0 Å². The Morgan fingerprint density at radius 3 is 2.71 bits per heavy atom. The number of rotatable bonds is 3. The number of pyridine rings is 1. The predicted octanol–water partition coefficient (Wildman–Crippen LogP) is 1.44. The maximum Gasteiger partial charge on any atom is 0.420 e. The lowest BCUT2D eigenvalue weighted by atomic mass is 10.2. The SMILES string of the molecule is NCCOc1cnccc1C(F)(F)F. The zero-order chi connectivity index (χ0) is 10.6. The molecule has 0 aliphatic heterocycles. The van der Waals surface area contributed by atoms with E-state index in [4.69, 9.17) is 10.5 Å². The summed E-state index contributed by atoms with van der Waals surface area (Å²) < 4.78 is 41.8. The van der Waals surface area contributed by atoms with Gasteiger partial charge in [-0.25, -0.2) is 0 Å². The minimum Gasteiger partial charge on any atom is -0.490 e. The second kappa shape index (κ2) is 4.28. The van der Waals surface area contributed by atoms with E-state index < -0.39 is 11.7 Å². The molecule has 0 aromatic carbocycles. The summed E-state index contributed by atoms with van der Waals surface area (Å²) in [5, 5.41) is 0. The van der Waals surface area contributed by atoms with Crippen LogP contribution in [0.2, 0.25) is 0 Å². The van der Waals surface area contributed by atoms with Crippen molar-refractivity contribution < 1.29 is 17.9 Å². The highest BCUT2D eigenvalue weighted by Gasteiger charge is 2.34. The highest BCUT2D eigenvalue weighted by atomic mass is 19.4. The Labute approximate surface area is 78.7 Å². The van der Waals surface area contributed by atoms with E-state index in [1.54, 1.807) is 0 Å². The van der Waals surface area contributed by atoms with Crippen LogP contribution in [0.5, 0.6) is 5.75 Å². The van der Waals surface area contributed by atoms with E-state index in [0.29, 0.717) is 0 Å². The first-order chi connectivity index (χ1) is 6.55. The van der Waals surface area contributed by atoms with Crippen molar-refractivity contribution >= 4 is 0 Å². The third-order valence-electron chi connectivity index (χ3n) is 1.47. The molecule has 1 aromatic heterocycles. The molecule has 3 nitrogen and oxygen atoms in total. The lowest BCUT2D eigenvalue weighted by Gasteiger charge is -2.12. The van der Waals surface area contributed by atoms with Gasteiger partial charge in [-0.3, -0.25) is 4.98 Å². The number of nitrogens with two attached hydrogens (primary N) is 1. The van der Waals surface area contributed by atoms with E-state index in [-0.39, 0.29) is 18.9 Å². The Bertz CT molecular complexity index is 301. The van der Waals surface area contributed by atoms with Crippen LogP contribution in [0.3, 0.4) is 0 Å². The number of halogens is 3. The van der Waals surface area contributed by atoms with Gasteiger partial charge in [0.2, 0.25) is 0 Å². The van der Waals surface area contributed by atoms with Crippen LogP contribution in [-0.2, 0) is 6.18 Å². The van der Waals surface area contributed by atoms with Gasteiger partial charge in [0.1, 0.15) is 17.9 Å². The Morgan fingerprint density at radius 1 is 1.43 bits per heavy atom. The van der Waals surface area contributed by atoms with Crippen molar-refractivity contribution in [1.82, 2.24) is 4.98 Å². The molecule has 6 heteroatoms. The quantitative estimate of drug-likeness (QED) is 0.813. The lowest BCUT2D eigenvalue weighted by molar-refractivity contribution is -0.139. The van der Waals surface area contributed by atoms with Crippen LogP contribution in [0.4, 0.5) is 13.2 Å². The predicted molar refractivity (Wildman–Crippen MR) is 43.8 cm³/mol. The molecule has 0 spiro atoms. The maximum absolute atomic E-state index is 12.3. The molecular formula is C8H9F3N2O. The van der Waals surface area contributed by atoms with E-state index in [1.165, 1.54) is 0 Å². The minimum absolute atomic E-state index is 0.0365. The fraction of sp³-hybridized carbons (Fsp3) is 0.375. The fourth-order valence-electron chi connectivity index (χ4n) is 0.898. The first-order valence-corrected chi connectivity index (χ1v) is 3.90. The number of alkyl halides is 3. The largest absolute Gasteiger partial charge is 0.490 e. The van der Waals surface area contributed by atoms with Crippen LogP contribution in [-0.4, -0.2) is 18.1 Å². The van der Waals surface area contributed by atoms with Crippen LogP contribution < -0.4 is 10.5 Å². The summed E-state index contributed by atoms with van der Waals surface area (Å²) in [6, 6.07) is 0.867. The number of ether oxygens (including phenoxy) is 1. The standard InChI is InChI=1S/C8H9F3N2O/c9-8(10,11)6-1-3-13-5-7(6)14-4-2-12/h1,3,5H,2,4,12H2. The zero-order valence-electron chi connectivity index (χ0n) is 7.21. The van der Waals surface area contributed by atoms with E-state index in [9.17, 15) is 13.2 Å². The van der Waals surface area contributed by atoms with Crippen LogP contribution in [0.25, 0.3) is 0 Å². The monoisotopic (exact) mass is 206 g/mol. The topological polar surface area (TPSA) is 48.1 Å². The van der Waals surface area contributed by atoms with Crippen molar-refractivity contribution in [2.45, 2.75) is 6.18 Å². The Hall–Kier alpha value is -1.30. The molecule has 0 saturated heterocycles. The Kier molecular flexibility index (Phi) is 3.29. The molecule has 0 amide bonds. The summed E-state index contributed by atoms with van der Waals surface area (Å²) in [5.41, 5.74) is 4.28. The molecule has 14 heavy (non-hydrogen) atoms. The molecule has 78 valence electrons. The van der Waals surface area contributed by atoms with Crippen molar-refractivity contribution in [2.75, 3.05) is 13.2 Å². The first-order valence-electron chi connectivity index (χ1n) is 3.90. The second-order valence-electron chi connectivity index (χ2n) is 2.51. The summed E-state index contributed by atoms with van der Waals surface area (Å²) in [4.78, 5) is 3.55. The van der Waals surface area contributed by atoms with Gasteiger partial charge < -0.3 is 10.5 Å². The van der Waals surface area contributed by atoms with Gasteiger partial charge in [-0.15, -0.1) is 0 Å². The van der Waals surface area contributed by atoms with Crippen molar-refractivity contribution in [3.63, 3.8) is 0 Å². The molecule has 0 radical (unpaired) electrons. The van der Waals surface area contributed by atoms with Crippen LogP contribution in [0.15, 0.2) is 18.5 Å². The summed E-state index contributed by atoms with van der Waals surface area (Å²) in [7, 11) is 0. The van der Waals surface area contributed by atoms with Gasteiger partial charge in [0, 0.05) is 12.7 Å². The molecule has 1 rings (SSSR count). The van der Waals surface area contributed by atoms with Gasteiger partial charge in [0.25, 0.3) is 0 Å². The van der Waals surface area contributed by atoms with E-state index in [0.717, 1.165) is 18.5 Å². The molecule has 0 fully saturated rings. The summed E-state index contributed by atoms with van der Waals surface area (Å²) in [6.45, 7) is 0.195. The molecule has 0 bridgehead atoms. The molecule has 0 atom stereocenters. The van der Waals surface area contributed by atoms with Crippen molar-refractivity contribution in [3.05, 3.63) is 24.0 Å². The van der Waals surface area contributed by atoms with Gasteiger partial charge in [0.05, 0.1) is 6.20 Å². The molecule has 1 aromatic rings. The zero-order valence-corrected chi connectivity index (χ0v) is 7.21. The molecule has 0 saturated carbocycles. The van der Waals surface area contributed by atoms with Crippen LogP contribution in [0.1, 0.15) is 5.56 Å². The fourth-order valence-corrected chi connectivity index (χ4v) is 0.898. The molecule has 2 N–H and O–H groups in total. The molecule has 0 unspecified atom stereocenters. The first kappa shape index (κ1) is 10.8. The van der Waals surface area contributed by atoms with Crippen molar-refractivity contribution in [3.8, 4) is 5.75 Å². The molecular weight excluding hydrogens is 197 g/mol. The van der Waals surface area contributed by atoms with Crippen molar-refractivity contribution in [1.29, 1.82) is 0 Å². The number of hydrogen-bond acceptors (Lipinski definition) is 3. The second-order valence-corrected chi connectivity index (χ2v) is 2.51. The van der Waals surface area contributed by atoms with Gasteiger partial charge in [-0.2, -0.15) is 13.2 Å². The number of nitrogens with zero attached hydrogens (tertiary/aromatic N) is 1. The lowest BCUT2D eigenvalue weighted by Crippen LogP contribution is -2.14. The molecule has 0 aliphatic rings. The van der Waals surface area contributed by atoms with E-state index in [2.05, 4.69) is 4.98 Å². The van der Waals surface area contributed by atoms with E-state index >= 15 is 0 Å². The average molecular weight is 206 g/mol. The summed E-state index contributed by atoms with van der Waals surface area (Å²) >= 11 is 0. The van der Waals surface area contributed by atoms with Gasteiger partial charge in [-0.05, 0) is 6.07 Å². The van der Waals surface area contributed by atoms with Gasteiger partial charge in [-0.1, -0.05) is 0 Å². The maximum atomic E-state index is 12.3. The average Bonchev–Trinajstić information content (AvgIpc) is 2.14. The van der Waals surface area contributed by atoms with Gasteiger partial charge in [0.15, 0.2) is 0 Å². The summed E-state index contributed by atoms with van der Waals surface area (Å²) in [5.74, 6) is -0.287. The number of hydrogen-bond donors (Lipinski definition) is 1. The Morgan fingerprint density at radius 2 is 2.14 bits per heavy atom. The third kappa shape index (κ3) is 2.59. The highest BCUT2D eigenvalue weighted by Crippen LogP contribution is 2.35. The van der Waals surface area contributed by atoms with E-state index in [1.807, 2.05) is 0 Å². The smallest absolute Gasteiger partial charge is 0.420 e. The highest BCUT2D eigenvalue weighted by molar-refractivity contribution is 5.32. The molecule has 0 aliphatic carbocycles. The normalized spacial score (nSPS) is 11.4. The van der Waals surface area contributed by atoms with Crippen molar-refractivity contribution in [2.24, 2.45) is 5.73 Å². The molecule has 1 heterocycles. The Balaban J connectivity index is 2.92. The van der Waals surface area contributed by atoms with Crippen LogP contribution in [0, 0.1) is 0 Å². The van der Waals surface area contributed by atoms with Gasteiger partial charge >= 0.3 is 6.18 Å². The summed E-state index contributed by atoms with van der Waals surface area (Å²) in [6.07, 6.45) is -2.33. The third-order valence-corrected chi connectivity index (χ3v) is 1.47.